The van der Waals surface area contributed by atoms with E-state index in [0.717, 1.165) is 37.7 Å². The molecule has 0 aliphatic heterocycles. The van der Waals surface area contributed by atoms with Crippen LogP contribution in [0, 0.1) is 11.8 Å². The average Bonchev–Trinajstić information content (AvgIpc) is 2.47. The average molecular weight is 282 g/mol. The minimum absolute atomic E-state index is 0.0684. The molecule has 4 heteroatoms. The third-order valence-corrected chi connectivity index (χ3v) is 3.82. The predicted molar refractivity (Wildman–Crippen MR) is 77.1 cm³/mol. The largest absolute Gasteiger partial charge is 0.465 e. The Morgan fingerprint density at radius 3 is 2.40 bits per heavy atom. The third-order valence-electron chi connectivity index (χ3n) is 3.82. The van der Waals surface area contributed by atoms with E-state index in [1.165, 1.54) is 12.8 Å². The molecule has 1 saturated carbocycles. The number of carbonyl (C=O) groups is 2. The Kier molecular flexibility index (Phi) is 8.00. The fourth-order valence-corrected chi connectivity index (χ4v) is 2.68. The maximum absolute atomic E-state index is 11.9. The Morgan fingerprint density at radius 1 is 1.15 bits per heavy atom. The first-order chi connectivity index (χ1) is 9.67. The van der Waals surface area contributed by atoms with Gasteiger partial charge in [0, 0.05) is 12.5 Å². The van der Waals surface area contributed by atoms with Gasteiger partial charge in [0.15, 0.2) is 0 Å². The van der Waals surface area contributed by atoms with Gasteiger partial charge in [0.2, 0.25) is 0 Å². The standard InChI is InChI=1S/C16H26O4/c1-3-6-13-7-9-14(10-8-13)16(18)20-12-5-11-19-15(17)4-2/h4,13-14H,2-3,5-12H2,1H3. The SMILES string of the molecule is C=CC(=O)OCCCOC(=O)C1CCC(CCC)CC1. The lowest BCUT2D eigenvalue weighted by Gasteiger charge is -2.26. The van der Waals surface area contributed by atoms with Crippen LogP contribution in [0.3, 0.4) is 0 Å². The van der Waals surface area contributed by atoms with Crippen molar-refractivity contribution >= 4 is 11.9 Å². The molecule has 0 atom stereocenters. The van der Waals surface area contributed by atoms with Gasteiger partial charge < -0.3 is 9.47 Å². The van der Waals surface area contributed by atoms with Crippen molar-refractivity contribution in [1.82, 2.24) is 0 Å². The zero-order valence-corrected chi connectivity index (χ0v) is 12.4. The minimum Gasteiger partial charge on any atom is -0.465 e. The molecular formula is C16H26O4. The van der Waals surface area contributed by atoms with E-state index >= 15 is 0 Å². The summed E-state index contributed by atoms with van der Waals surface area (Å²) in [6.07, 6.45) is 8.36. The van der Waals surface area contributed by atoms with Crippen LogP contribution in [0.15, 0.2) is 12.7 Å². The summed E-state index contributed by atoms with van der Waals surface area (Å²) in [6, 6.07) is 0. The number of esters is 2. The number of carbonyl (C=O) groups excluding carboxylic acids is 2. The van der Waals surface area contributed by atoms with E-state index in [1.807, 2.05) is 0 Å². The Morgan fingerprint density at radius 2 is 1.80 bits per heavy atom. The van der Waals surface area contributed by atoms with E-state index in [1.54, 1.807) is 0 Å². The van der Waals surface area contributed by atoms with Gasteiger partial charge in [-0.2, -0.15) is 0 Å². The van der Waals surface area contributed by atoms with E-state index in [-0.39, 0.29) is 18.5 Å². The van der Waals surface area contributed by atoms with E-state index in [4.69, 9.17) is 9.47 Å². The van der Waals surface area contributed by atoms with Crippen molar-refractivity contribution in [1.29, 1.82) is 0 Å². The zero-order chi connectivity index (χ0) is 14.8. The molecule has 0 N–H and O–H groups in total. The predicted octanol–water partition coefficient (Wildman–Crippen LogP) is 3.26. The van der Waals surface area contributed by atoms with E-state index in [2.05, 4.69) is 13.5 Å². The Hall–Kier alpha value is -1.32. The molecular weight excluding hydrogens is 256 g/mol. The van der Waals surface area contributed by atoms with Crippen molar-refractivity contribution in [3.05, 3.63) is 12.7 Å². The van der Waals surface area contributed by atoms with Crippen LogP contribution in [0.25, 0.3) is 0 Å². The first-order valence-corrected chi connectivity index (χ1v) is 7.63. The lowest BCUT2D eigenvalue weighted by atomic mass is 9.80. The highest BCUT2D eigenvalue weighted by atomic mass is 16.5. The lowest BCUT2D eigenvalue weighted by molar-refractivity contribution is -0.150. The molecule has 0 saturated heterocycles. The van der Waals surface area contributed by atoms with Gasteiger partial charge in [-0.05, 0) is 31.6 Å². The molecule has 0 unspecified atom stereocenters. The molecule has 0 heterocycles. The highest BCUT2D eigenvalue weighted by molar-refractivity contribution is 5.81. The Bertz CT molecular complexity index is 316. The van der Waals surface area contributed by atoms with Crippen LogP contribution in [-0.4, -0.2) is 25.2 Å². The second kappa shape index (κ2) is 9.56. The summed E-state index contributed by atoms with van der Waals surface area (Å²) in [6.45, 7) is 6.10. The molecule has 1 aliphatic rings. The highest BCUT2D eigenvalue weighted by Crippen LogP contribution is 2.32. The van der Waals surface area contributed by atoms with Gasteiger partial charge in [0.1, 0.15) is 0 Å². The molecule has 0 radical (unpaired) electrons. The summed E-state index contributed by atoms with van der Waals surface area (Å²) in [5.74, 6) is 0.335. The molecule has 0 spiro atoms. The van der Waals surface area contributed by atoms with Crippen LogP contribution in [0.5, 0.6) is 0 Å². The second-order valence-corrected chi connectivity index (χ2v) is 5.40. The van der Waals surface area contributed by atoms with Crippen LogP contribution in [-0.2, 0) is 19.1 Å². The molecule has 1 fully saturated rings. The van der Waals surface area contributed by atoms with Crippen LogP contribution < -0.4 is 0 Å². The molecule has 0 aromatic heterocycles. The molecule has 20 heavy (non-hydrogen) atoms. The monoisotopic (exact) mass is 282 g/mol. The second-order valence-electron chi connectivity index (χ2n) is 5.40. The van der Waals surface area contributed by atoms with E-state index in [0.29, 0.717) is 13.0 Å². The number of hydrogen-bond acceptors (Lipinski definition) is 4. The molecule has 0 aromatic carbocycles. The van der Waals surface area contributed by atoms with Crippen LogP contribution in [0.1, 0.15) is 51.9 Å². The van der Waals surface area contributed by atoms with Crippen LogP contribution >= 0.6 is 0 Å². The minimum atomic E-state index is -0.439. The summed E-state index contributed by atoms with van der Waals surface area (Å²) >= 11 is 0. The van der Waals surface area contributed by atoms with Crippen molar-refractivity contribution in [3.63, 3.8) is 0 Å². The van der Waals surface area contributed by atoms with Gasteiger partial charge in [0.25, 0.3) is 0 Å². The first kappa shape index (κ1) is 16.7. The van der Waals surface area contributed by atoms with Gasteiger partial charge in [-0.15, -0.1) is 0 Å². The molecule has 0 amide bonds. The maximum atomic E-state index is 11.9. The topological polar surface area (TPSA) is 52.6 Å². The van der Waals surface area contributed by atoms with Gasteiger partial charge >= 0.3 is 11.9 Å². The number of hydrogen-bond donors (Lipinski definition) is 0. The van der Waals surface area contributed by atoms with Gasteiger partial charge in [-0.25, -0.2) is 4.79 Å². The van der Waals surface area contributed by atoms with Crippen molar-refractivity contribution in [2.75, 3.05) is 13.2 Å². The summed E-state index contributed by atoms with van der Waals surface area (Å²) in [7, 11) is 0. The van der Waals surface area contributed by atoms with E-state index < -0.39 is 5.97 Å². The molecule has 114 valence electrons. The van der Waals surface area contributed by atoms with Gasteiger partial charge in [-0.1, -0.05) is 26.3 Å². The molecule has 4 nitrogen and oxygen atoms in total. The first-order valence-electron chi connectivity index (χ1n) is 7.63. The summed E-state index contributed by atoms with van der Waals surface area (Å²) < 4.78 is 10.0. The number of rotatable bonds is 8. The lowest BCUT2D eigenvalue weighted by Crippen LogP contribution is -2.24. The Balaban J connectivity index is 2.08. The van der Waals surface area contributed by atoms with Gasteiger partial charge in [0.05, 0.1) is 19.1 Å². The van der Waals surface area contributed by atoms with Crippen molar-refractivity contribution in [2.45, 2.75) is 51.9 Å². The van der Waals surface area contributed by atoms with E-state index in [9.17, 15) is 9.59 Å². The summed E-state index contributed by atoms with van der Waals surface area (Å²) in [5.41, 5.74) is 0. The fraction of sp³-hybridized carbons (Fsp3) is 0.750. The maximum Gasteiger partial charge on any atom is 0.330 e. The summed E-state index contributed by atoms with van der Waals surface area (Å²) in [5, 5.41) is 0. The quantitative estimate of drug-likeness (QED) is 0.389. The van der Waals surface area contributed by atoms with Crippen LogP contribution in [0.2, 0.25) is 0 Å². The highest BCUT2D eigenvalue weighted by Gasteiger charge is 2.26. The molecule has 1 aliphatic carbocycles. The smallest absolute Gasteiger partial charge is 0.330 e. The molecule has 0 bridgehead atoms. The van der Waals surface area contributed by atoms with Crippen molar-refractivity contribution in [2.24, 2.45) is 11.8 Å². The van der Waals surface area contributed by atoms with Crippen molar-refractivity contribution < 1.29 is 19.1 Å². The van der Waals surface area contributed by atoms with Crippen molar-refractivity contribution in [3.8, 4) is 0 Å². The fourth-order valence-electron chi connectivity index (χ4n) is 2.68. The third kappa shape index (κ3) is 6.22. The number of ether oxygens (including phenoxy) is 2. The molecule has 0 aromatic rings. The summed E-state index contributed by atoms with van der Waals surface area (Å²) in [4.78, 5) is 22.7. The van der Waals surface area contributed by atoms with Gasteiger partial charge in [-0.3, -0.25) is 4.79 Å². The van der Waals surface area contributed by atoms with Crippen LogP contribution in [0.4, 0.5) is 0 Å². The molecule has 1 rings (SSSR count). The Labute approximate surface area is 121 Å². The normalized spacial score (nSPS) is 22.1. The zero-order valence-electron chi connectivity index (χ0n) is 12.4.